The Morgan fingerprint density at radius 2 is 2.10 bits per heavy atom. The number of hydrogen-bond acceptors (Lipinski definition) is 5. The summed E-state index contributed by atoms with van der Waals surface area (Å²) in [5, 5.41) is 0. The summed E-state index contributed by atoms with van der Waals surface area (Å²) >= 11 is 3.20. The lowest BCUT2D eigenvalue weighted by molar-refractivity contribution is 0.268. The quantitative estimate of drug-likeness (QED) is 0.673. The van der Waals surface area contributed by atoms with E-state index in [4.69, 9.17) is 5.73 Å². The molecule has 0 aromatic carbocycles. The molecule has 0 spiro atoms. The molecule has 0 atom stereocenters. The van der Waals surface area contributed by atoms with E-state index in [1.807, 2.05) is 0 Å². The summed E-state index contributed by atoms with van der Waals surface area (Å²) in [6.45, 7) is 5.59. The number of pyridine rings is 1. The molecule has 120 valence electrons. The van der Waals surface area contributed by atoms with Crippen molar-refractivity contribution in [3.05, 3.63) is 16.7 Å². The van der Waals surface area contributed by atoms with Gasteiger partial charge in [-0.1, -0.05) is 0 Å². The molecule has 6 nitrogen and oxygen atoms in total. The number of nitrogens with zero attached hydrogens (tertiary/aromatic N) is 2. The molecule has 1 rings (SSSR count). The van der Waals surface area contributed by atoms with Gasteiger partial charge in [0.2, 0.25) is 10.0 Å². The Kier molecular flexibility index (Phi) is 7.05. The SMILES string of the molecule is CC(C)N(C)CCCCNS(=O)(=O)c1cc(Br)cnc1N. The first kappa shape index (κ1) is 18.3. The average molecular weight is 379 g/mol. The molecule has 0 fully saturated rings. The first-order chi connectivity index (χ1) is 9.74. The lowest BCUT2D eigenvalue weighted by Gasteiger charge is -2.20. The fourth-order valence-electron chi connectivity index (χ4n) is 1.68. The topological polar surface area (TPSA) is 88.3 Å². The van der Waals surface area contributed by atoms with Gasteiger partial charge < -0.3 is 10.6 Å². The Labute approximate surface area is 135 Å². The molecule has 21 heavy (non-hydrogen) atoms. The normalized spacial score (nSPS) is 12.3. The molecule has 0 saturated heterocycles. The minimum atomic E-state index is -3.61. The number of anilines is 1. The van der Waals surface area contributed by atoms with Crippen LogP contribution >= 0.6 is 15.9 Å². The number of unbranched alkanes of at least 4 members (excludes halogenated alkanes) is 1. The van der Waals surface area contributed by atoms with Crippen molar-refractivity contribution >= 4 is 31.8 Å². The monoisotopic (exact) mass is 378 g/mol. The van der Waals surface area contributed by atoms with E-state index in [2.05, 4.69) is 51.4 Å². The second-order valence-corrected chi connectivity index (χ2v) is 7.87. The number of sulfonamides is 1. The lowest BCUT2D eigenvalue weighted by atomic mass is 10.2. The molecule has 0 aliphatic rings. The zero-order valence-corrected chi connectivity index (χ0v) is 15.0. The smallest absolute Gasteiger partial charge is 0.244 e. The summed E-state index contributed by atoms with van der Waals surface area (Å²) in [6.07, 6.45) is 3.18. The van der Waals surface area contributed by atoms with Crippen molar-refractivity contribution in [2.45, 2.75) is 37.6 Å². The van der Waals surface area contributed by atoms with Crippen LogP contribution in [0.2, 0.25) is 0 Å². The van der Waals surface area contributed by atoms with Crippen molar-refractivity contribution in [2.24, 2.45) is 0 Å². The van der Waals surface area contributed by atoms with Crippen LogP contribution < -0.4 is 10.5 Å². The van der Waals surface area contributed by atoms with Crippen LogP contribution in [0.25, 0.3) is 0 Å². The van der Waals surface area contributed by atoms with Crippen LogP contribution in [0.1, 0.15) is 26.7 Å². The van der Waals surface area contributed by atoms with Crippen LogP contribution in [-0.2, 0) is 10.0 Å². The van der Waals surface area contributed by atoms with E-state index in [0.29, 0.717) is 17.1 Å². The molecule has 8 heteroatoms. The van der Waals surface area contributed by atoms with Crippen molar-refractivity contribution in [1.29, 1.82) is 0 Å². The third kappa shape index (κ3) is 5.90. The van der Waals surface area contributed by atoms with Crippen molar-refractivity contribution in [2.75, 3.05) is 25.9 Å². The Bertz CT molecular complexity index is 563. The highest BCUT2D eigenvalue weighted by atomic mass is 79.9. The standard InChI is InChI=1S/C13H23BrN4O2S/c1-10(2)18(3)7-5-4-6-17-21(19,20)12-8-11(14)9-16-13(12)15/h8-10,17H,4-7H2,1-3H3,(H2,15,16). The summed E-state index contributed by atoms with van der Waals surface area (Å²) < 4.78 is 27.4. The molecule has 3 N–H and O–H groups in total. The van der Waals surface area contributed by atoms with Gasteiger partial charge in [-0.2, -0.15) is 0 Å². The number of nitrogen functional groups attached to an aromatic ring is 1. The average Bonchev–Trinajstić information content (AvgIpc) is 2.40. The van der Waals surface area contributed by atoms with E-state index in [-0.39, 0.29) is 10.7 Å². The van der Waals surface area contributed by atoms with E-state index in [9.17, 15) is 8.42 Å². The van der Waals surface area contributed by atoms with Gasteiger partial charge in [0.05, 0.1) is 0 Å². The highest BCUT2D eigenvalue weighted by Gasteiger charge is 2.18. The zero-order chi connectivity index (χ0) is 16.0. The molecule has 1 aromatic rings. The molecule has 0 unspecified atom stereocenters. The molecule has 0 aliphatic carbocycles. The first-order valence-electron chi connectivity index (χ1n) is 6.85. The molecular weight excluding hydrogens is 356 g/mol. The van der Waals surface area contributed by atoms with Gasteiger partial charge in [-0.15, -0.1) is 0 Å². The number of nitrogens with two attached hydrogens (primary N) is 1. The van der Waals surface area contributed by atoms with Gasteiger partial charge in [0, 0.05) is 23.3 Å². The maximum absolute atomic E-state index is 12.1. The fourth-order valence-corrected chi connectivity index (χ4v) is 3.34. The van der Waals surface area contributed by atoms with E-state index in [1.54, 1.807) is 0 Å². The Balaban J connectivity index is 2.49. The van der Waals surface area contributed by atoms with Crippen LogP contribution in [0.15, 0.2) is 21.6 Å². The number of rotatable bonds is 8. The van der Waals surface area contributed by atoms with Crippen molar-refractivity contribution < 1.29 is 8.42 Å². The van der Waals surface area contributed by atoms with E-state index < -0.39 is 10.0 Å². The van der Waals surface area contributed by atoms with E-state index in [0.717, 1.165) is 19.4 Å². The fraction of sp³-hybridized carbons (Fsp3) is 0.615. The van der Waals surface area contributed by atoms with Crippen LogP contribution in [-0.4, -0.2) is 44.5 Å². The van der Waals surface area contributed by atoms with Crippen LogP contribution in [0.3, 0.4) is 0 Å². The second-order valence-electron chi connectivity index (χ2n) is 5.22. The molecule has 1 heterocycles. The number of hydrogen-bond donors (Lipinski definition) is 2. The van der Waals surface area contributed by atoms with E-state index >= 15 is 0 Å². The predicted molar refractivity (Wildman–Crippen MR) is 88.5 cm³/mol. The molecule has 1 aromatic heterocycles. The number of aromatic nitrogens is 1. The lowest BCUT2D eigenvalue weighted by Crippen LogP contribution is -2.29. The summed E-state index contributed by atoms with van der Waals surface area (Å²) in [6, 6.07) is 1.95. The van der Waals surface area contributed by atoms with Crippen molar-refractivity contribution in [3.8, 4) is 0 Å². The van der Waals surface area contributed by atoms with E-state index in [1.165, 1.54) is 12.3 Å². The third-order valence-electron chi connectivity index (χ3n) is 3.25. The van der Waals surface area contributed by atoms with Crippen molar-refractivity contribution in [3.63, 3.8) is 0 Å². The van der Waals surface area contributed by atoms with Crippen LogP contribution in [0, 0.1) is 0 Å². The molecule has 0 aliphatic heterocycles. The molecular formula is C13H23BrN4O2S. The highest BCUT2D eigenvalue weighted by Crippen LogP contribution is 2.20. The summed E-state index contributed by atoms with van der Waals surface area (Å²) in [4.78, 5) is 6.07. The Hall–Kier alpha value is -0.700. The highest BCUT2D eigenvalue weighted by molar-refractivity contribution is 9.10. The third-order valence-corrected chi connectivity index (χ3v) is 5.17. The van der Waals surface area contributed by atoms with Gasteiger partial charge >= 0.3 is 0 Å². The van der Waals surface area contributed by atoms with Gasteiger partial charge in [0.15, 0.2) is 0 Å². The largest absolute Gasteiger partial charge is 0.383 e. The zero-order valence-electron chi connectivity index (χ0n) is 12.6. The van der Waals surface area contributed by atoms with Gasteiger partial charge in [0.1, 0.15) is 10.7 Å². The maximum atomic E-state index is 12.1. The van der Waals surface area contributed by atoms with Crippen LogP contribution in [0.4, 0.5) is 5.82 Å². The Morgan fingerprint density at radius 1 is 1.43 bits per heavy atom. The first-order valence-corrected chi connectivity index (χ1v) is 9.12. The molecule has 0 bridgehead atoms. The minimum absolute atomic E-state index is 0.00485. The van der Waals surface area contributed by atoms with Crippen LogP contribution in [0.5, 0.6) is 0 Å². The van der Waals surface area contributed by atoms with Gasteiger partial charge in [-0.25, -0.2) is 18.1 Å². The predicted octanol–water partition coefficient (Wildman–Crippen LogP) is 1.82. The molecule has 0 radical (unpaired) electrons. The summed E-state index contributed by atoms with van der Waals surface area (Å²) in [5.74, 6) is 0.00485. The number of nitrogens with one attached hydrogen (secondary N) is 1. The summed E-state index contributed by atoms with van der Waals surface area (Å²) in [7, 11) is -1.55. The van der Waals surface area contributed by atoms with Crippen molar-refractivity contribution in [1.82, 2.24) is 14.6 Å². The molecule has 0 amide bonds. The summed E-state index contributed by atoms with van der Waals surface area (Å²) in [5.41, 5.74) is 5.62. The number of halogens is 1. The van der Waals surface area contributed by atoms with Gasteiger partial charge in [-0.05, 0) is 62.3 Å². The maximum Gasteiger partial charge on any atom is 0.244 e. The Morgan fingerprint density at radius 3 is 2.71 bits per heavy atom. The second kappa shape index (κ2) is 8.07. The van der Waals surface area contributed by atoms with Gasteiger partial charge in [-0.3, -0.25) is 0 Å². The molecule has 0 saturated carbocycles. The minimum Gasteiger partial charge on any atom is -0.383 e. The van der Waals surface area contributed by atoms with Gasteiger partial charge in [0.25, 0.3) is 0 Å².